The van der Waals surface area contributed by atoms with Crippen LogP contribution in [0.15, 0.2) is 59.8 Å². The predicted molar refractivity (Wildman–Crippen MR) is 86.7 cm³/mol. The molecule has 0 spiro atoms. The van der Waals surface area contributed by atoms with Gasteiger partial charge >= 0.3 is 0 Å². The fourth-order valence-electron chi connectivity index (χ4n) is 2.52. The molecule has 0 unspecified atom stereocenters. The number of pyridine rings is 1. The van der Waals surface area contributed by atoms with E-state index in [-0.39, 0.29) is 0 Å². The van der Waals surface area contributed by atoms with Gasteiger partial charge in [0.2, 0.25) is 0 Å². The number of aromatic nitrogens is 1. The maximum absolute atomic E-state index is 4.74. The molecule has 4 heteroatoms. The van der Waals surface area contributed by atoms with Crippen LogP contribution in [0.4, 0.5) is 5.82 Å². The van der Waals surface area contributed by atoms with E-state index in [1.54, 1.807) is 0 Å². The quantitative estimate of drug-likeness (QED) is 0.810. The SMILES string of the molecule is C/C(=N\N1CCN(c2ccccn2)CC1)c1ccccc1. The minimum absolute atomic E-state index is 0.931. The molecule has 1 saturated heterocycles. The van der Waals surface area contributed by atoms with E-state index in [9.17, 15) is 0 Å². The summed E-state index contributed by atoms with van der Waals surface area (Å²) in [6.07, 6.45) is 1.85. The number of nitrogens with zero attached hydrogens (tertiary/aromatic N) is 4. The zero-order valence-electron chi connectivity index (χ0n) is 12.3. The lowest BCUT2D eigenvalue weighted by Crippen LogP contribution is -2.44. The molecule has 1 aliphatic heterocycles. The lowest BCUT2D eigenvalue weighted by Gasteiger charge is -2.34. The molecular formula is C17H20N4. The number of hydrazone groups is 1. The average Bonchev–Trinajstić information content (AvgIpc) is 2.57. The third-order valence-electron chi connectivity index (χ3n) is 3.71. The minimum atomic E-state index is 0.931. The van der Waals surface area contributed by atoms with Crippen molar-refractivity contribution < 1.29 is 0 Å². The highest BCUT2D eigenvalue weighted by Gasteiger charge is 2.16. The molecular weight excluding hydrogens is 260 g/mol. The van der Waals surface area contributed by atoms with Gasteiger partial charge in [-0.05, 0) is 24.6 Å². The lowest BCUT2D eigenvalue weighted by atomic mass is 10.1. The summed E-state index contributed by atoms with van der Waals surface area (Å²) in [4.78, 5) is 6.72. The summed E-state index contributed by atoms with van der Waals surface area (Å²) in [5.74, 6) is 1.06. The zero-order chi connectivity index (χ0) is 14.5. The molecule has 0 N–H and O–H groups in total. The molecule has 0 bridgehead atoms. The van der Waals surface area contributed by atoms with Crippen LogP contribution in [0.3, 0.4) is 0 Å². The van der Waals surface area contributed by atoms with Crippen LogP contribution >= 0.6 is 0 Å². The van der Waals surface area contributed by atoms with Gasteiger partial charge in [0.15, 0.2) is 0 Å². The van der Waals surface area contributed by atoms with E-state index in [2.05, 4.69) is 40.0 Å². The molecule has 1 aromatic heterocycles. The van der Waals surface area contributed by atoms with Crippen LogP contribution in [0.25, 0.3) is 0 Å². The first-order chi connectivity index (χ1) is 10.3. The molecule has 1 fully saturated rings. The Kier molecular flexibility index (Phi) is 4.15. The van der Waals surface area contributed by atoms with Gasteiger partial charge in [-0.2, -0.15) is 5.10 Å². The van der Waals surface area contributed by atoms with Crippen LogP contribution < -0.4 is 4.90 Å². The topological polar surface area (TPSA) is 31.7 Å². The summed E-state index contributed by atoms with van der Waals surface area (Å²) in [7, 11) is 0. The van der Waals surface area contributed by atoms with Gasteiger partial charge in [0.1, 0.15) is 5.82 Å². The summed E-state index contributed by atoms with van der Waals surface area (Å²) in [6.45, 7) is 5.85. The van der Waals surface area contributed by atoms with Gasteiger partial charge in [-0.3, -0.25) is 5.01 Å². The normalized spacial score (nSPS) is 16.1. The monoisotopic (exact) mass is 280 g/mol. The molecule has 0 amide bonds. The third-order valence-corrected chi connectivity index (χ3v) is 3.71. The number of hydrogen-bond acceptors (Lipinski definition) is 4. The molecule has 0 radical (unpaired) electrons. The molecule has 1 aliphatic rings. The van der Waals surface area contributed by atoms with Crippen LogP contribution in [-0.2, 0) is 0 Å². The van der Waals surface area contributed by atoms with E-state index in [1.165, 1.54) is 5.56 Å². The number of hydrogen-bond donors (Lipinski definition) is 0. The van der Waals surface area contributed by atoms with Crippen molar-refractivity contribution in [2.75, 3.05) is 31.1 Å². The summed E-state index contributed by atoms with van der Waals surface area (Å²) in [6, 6.07) is 16.4. The molecule has 0 atom stereocenters. The molecule has 4 nitrogen and oxygen atoms in total. The Balaban J connectivity index is 1.61. The van der Waals surface area contributed by atoms with Crippen LogP contribution in [0, 0.1) is 0 Å². The fourth-order valence-corrected chi connectivity index (χ4v) is 2.52. The Labute approximate surface area is 125 Å². The number of piperazine rings is 1. The van der Waals surface area contributed by atoms with Gasteiger partial charge in [-0.15, -0.1) is 0 Å². The van der Waals surface area contributed by atoms with E-state index in [0.29, 0.717) is 0 Å². The van der Waals surface area contributed by atoms with Crippen molar-refractivity contribution in [2.24, 2.45) is 5.10 Å². The molecule has 21 heavy (non-hydrogen) atoms. The first kappa shape index (κ1) is 13.6. The Hall–Kier alpha value is -2.36. The maximum atomic E-state index is 4.74. The molecule has 1 aromatic carbocycles. The Bertz CT molecular complexity index is 587. The van der Waals surface area contributed by atoms with Crippen molar-refractivity contribution in [2.45, 2.75) is 6.92 Å². The van der Waals surface area contributed by atoms with Crippen molar-refractivity contribution in [3.8, 4) is 0 Å². The molecule has 108 valence electrons. The lowest BCUT2D eigenvalue weighted by molar-refractivity contribution is 0.270. The number of anilines is 1. The first-order valence-electron chi connectivity index (χ1n) is 7.34. The highest BCUT2D eigenvalue weighted by atomic mass is 15.5. The smallest absolute Gasteiger partial charge is 0.128 e. The molecule has 0 aliphatic carbocycles. The summed E-state index contributed by atoms with van der Waals surface area (Å²) in [5.41, 5.74) is 2.26. The summed E-state index contributed by atoms with van der Waals surface area (Å²) >= 11 is 0. The van der Waals surface area contributed by atoms with Crippen molar-refractivity contribution >= 4 is 11.5 Å². The predicted octanol–water partition coefficient (Wildman–Crippen LogP) is 2.63. The Morgan fingerprint density at radius 2 is 1.67 bits per heavy atom. The second-order valence-electron chi connectivity index (χ2n) is 5.18. The third kappa shape index (κ3) is 3.40. The maximum Gasteiger partial charge on any atom is 0.128 e. The fraction of sp³-hybridized carbons (Fsp3) is 0.294. The van der Waals surface area contributed by atoms with Gasteiger partial charge in [-0.25, -0.2) is 4.98 Å². The van der Waals surface area contributed by atoms with Gasteiger partial charge in [0.25, 0.3) is 0 Å². The van der Waals surface area contributed by atoms with Crippen molar-refractivity contribution in [3.05, 3.63) is 60.3 Å². The molecule has 2 heterocycles. The number of rotatable bonds is 3. The summed E-state index contributed by atoms with van der Waals surface area (Å²) in [5, 5.41) is 6.89. The molecule has 0 saturated carbocycles. The van der Waals surface area contributed by atoms with E-state index < -0.39 is 0 Å². The standard InChI is InChI=1S/C17H20N4/c1-15(16-7-3-2-4-8-16)19-21-13-11-20(12-14-21)17-9-5-6-10-18-17/h2-10H,11-14H2,1H3/b19-15+. The van der Waals surface area contributed by atoms with Gasteiger partial charge in [0.05, 0.1) is 18.8 Å². The van der Waals surface area contributed by atoms with Gasteiger partial charge in [0, 0.05) is 19.3 Å². The second kappa shape index (κ2) is 6.39. The van der Waals surface area contributed by atoms with Crippen LogP contribution in [0.2, 0.25) is 0 Å². The van der Waals surface area contributed by atoms with Gasteiger partial charge < -0.3 is 4.90 Å². The Morgan fingerprint density at radius 3 is 2.33 bits per heavy atom. The van der Waals surface area contributed by atoms with E-state index in [1.807, 2.05) is 36.5 Å². The van der Waals surface area contributed by atoms with Crippen LogP contribution in [0.5, 0.6) is 0 Å². The first-order valence-corrected chi connectivity index (χ1v) is 7.34. The highest BCUT2D eigenvalue weighted by Crippen LogP contribution is 2.13. The number of benzene rings is 1. The zero-order valence-corrected chi connectivity index (χ0v) is 12.3. The van der Waals surface area contributed by atoms with E-state index >= 15 is 0 Å². The second-order valence-corrected chi connectivity index (χ2v) is 5.18. The summed E-state index contributed by atoms with van der Waals surface area (Å²) < 4.78 is 0. The van der Waals surface area contributed by atoms with E-state index in [0.717, 1.165) is 37.7 Å². The van der Waals surface area contributed by atoms with E-state index in [4.69, 9.17) is 5.10 Å². The largest absolute Gasteiger partial charge is 0.353 e. The molecule has 2 aromatic rings. The van der Waals surface area contributed by atoms with Crippen LogP contribution in [-0.4, -0.2) is 41.9 Å². The Morgan fingerprint density at radius 1 is 0.952 bits per heavy atom. The van der Waals surface area contributed by atoms with Gasteiger partial charge in [-0.1, -0.05) is 36.4 Å². The van der Waals surface area contributed by atoms with Crippen molar-refractivity contribution in [3.63, 3.8) is 0 Å². The minimum Gasteiger partial charge on any atom is -0.353 e. The highest BCUT2D eigenvalue weighted by molar-refractivity contribution is 5.98. The molecule has 3 rings (SSSR count). The van der Waals surface area contributed by atoms with Crippen LogP contribution in [0.1, 0.15) is 12.5 Å². The average molecular weight is 280 g/mol. The van der Waals surface area contributed by atoms with Crippen molar-refractivity contribution in [1.82, 2.24) is 9.99 Å². The van der Waals surface area contributed by atoms with Crippen molar-refractivity contribution in [1.29, 1.82) is 0 Å².